The number of halogens is 3. The third-order valence-corrected chi connectivity index (χ3v) is 6.09. The average Bonchev–Trinajstić information content (AvgIpc) is 3.26. The normalized spacial score (nSPS) is 14.4. The lowest BCUT2D eigenvalue weighted by Crippen LogP contribution is -2.46. The van der Waals surface area contributed by atoms with Gasteiger partial charge in [0.05, 0.1) is 11.3 Å². The van der Waals surface area contributed by atoms with E-state index < -0.39 is 11.7 Å². The van der Waals surface area contributed by atoms with Crippen molar-refractivity contribution in [2.45, 2.75) is 12.6 Å². The molecule has 1 fully saturated rings. The lowest BCUT2D eigenvalue weighted by molar-refractivity contribution is -0.137. The first-order valence-corrected chi connectivity index (χ1v) is 10.6. The Labute approximate surface area is 181 Å². The third kappa shape index (κ3) is 4.95. The van der Waals surface area contributed by atoms with Crippen molar-refractivity contribution < 1.29 is 18.0 Å². The zero-order chi connectivity index (χ0) is 21.8. The smallest absolute Gasteiger partial charge is 0.368 e. The fourth-order valence-corrected chi connectivity index (χ4v) is 4.34. The summed E-state index contributed by atoms with van der Waals surface area (Å²) in [7, 11) is 0. The average molecular weight is 444 g/mol. The number of carbonyl (C=O) groups excluding carboxylic acids is 1. The van der Waals surface area contributed by atoms with E-state index in [0.717, 1.165) is 22.3 Å². The van der Waals surface area contributed by atoms with Crippen LogP contribution in [0.5, 0.6) is 0 Å². The van der Waals surface area contributed by atoms with Crippen LogP contribution in [0.2, 0.25) is 0 Å². The Balaban J connectivity index is 1.39. The van der Waals surface area contributed by atoms with Gasteiger partial charge in [-0.05, 0) is 30.3 Å². The molecule has 1 aliphatic rings. The number of alkyl halides is 3. The molecule has 0 amide bonds. The summed E-state index contributed by atoms with van der Waals surface area (Å²) in [4.78, 5) is 24.1. The molecule has 1 aliphatic heterocycles. The molecule has 1 saturated heterocycles. The van der Waals surface area contributed by atoms with Crippen molar-refractivity contribution in [2.75, 3.05) is 31.1 Å². The van der Waals surface area contributed by atoms with Crippen LogP contribution in [0.1, 0.15) is 11.3 Å². The molecule has 0 radical (unpaired) electrons. The summed E-state index contributed by atoms with van der Waals surface area (Å²) in [5, 5.41) is 2.78. The van der Waals surface area contributed by atoms with Crippen molar-refractivity contribution in [1.29, 1.82) is 0 Å². The molecule has 160 valence electrons. The van der Waals surface area contributed by atoms with Crippen LogP contribution in [0.15, 0.2) is 59.9 Å². The van der Waals surface area contributed by atoms with Gasteiger partial charge in [0.2, 0.25) is 0 Å². The van der Waals surface area contributed by atoms with Crippen LogP contribution in [0.3, 0.4) is 0 Å². The van der Waals surface area contributed by atoms with E-state index in [1.165, 1.54) is 23.5 Å². The summed E-state index contributed by atoms with van der Waals surface area (Å²) in [5.74, 6) is 2.03. The minimum absolute atomic E-state index is 0.370. The monoisotopic (exact) mass is 444 g/mol. The summed E-state index contributed by atoms with van der Waals surface area (Å²) in [6, 6.07) is 9.10. The fraction of sp³-hybridized carbons (Fsp3) is 0.273. The van der Waals surface area contributed by atoms with Gasteiger partial charge in [-0.2, -0.15) is 13.2 Å². The van der Waals surface area contributed by atoms with Crippen molar-refractivity contribution >= 4 is 23.0 Å². The van der Waals surface area contributed by atoms with Crippen LogP contribution in [0.25, 0.3) is 10.6 Å². The molecule has 2 aromatic heterocycles. The maximum Gasteiger partial charge on any atom is 0.416 e. The molecular formula is C22H19F3N4OS. The number of hydrogen-bond acceptors (Lipinski definition) is 6. The van der Waals surface area contributed by atoms with Gasteiger partial charge in [0, 0.05) is 61.6 Å². The minimum Gasteiger partial charge on any atom is -0.368 e. The summed E-state index contributed by atoms with van der Waals surface area (Å²) in [6.45, 7) is 2.10. The zero-order valence-electron chi connectivity index (χ0n) is 16.5. The number of allylic oxidation sites excluding steroid dienone is 1. The molecule has 3 aromatic rings. The van der Waals surface area contributed by atoms with E-state index in [2.05, 4.69) is 9.97 Å². The maximum absolute atomic E-state index is 13.0. The quantitative estimate of drug-likeness (QED) is 0.549. The molecular weight excluding hydrogens is 425 g/mol. The second-order valence-corrected chi connectivity index (χ2v) is 7.99. The highest BCUT2D eigenvalue weighted by Crippen LogP contribution is 2.32. The summed E-state index contributed by atoms with van der Waals surface area (Å²) < 4.78 is 39.0. The number of rotatable bonds is 5. The highest BCUT2D eigenvalue weighted by atomic mass is 32.1. The number of anilines is 1. The van der Waals surface area contributed by atoms with E-state index in [1.54, 1.807) is 18.5 Å². The third-order valence-electron chi connectivity index (χ3n) is 5.15. The lowest BCUT2D eigenvalue weighted by atomic mass is 10.1. The number of benzene rings is 1. The van der Waals surface area contributed by atoms with E-state index in [1.807, 2.05) is 33.3 Å². The highest BCUT2D eigenvalue weighted by molar-refractivity contribution is 7.13. The van der Waals surface area contributed by atoms with Crippen LogP contribution >= 0.6 is 11.3 Å². The molecule has 31 heavy (non-hydrogen) atoms. The molecule has 3 heterocycles. The molecule has 0 N–H and O–H groups in total. The van der Waals surface area contributed by atoms with Gasteiger partial charge in [-0.3, -0.25) is 4.98 Å². The van der Waals surface area contributed by atoms with Crippen LogP contribution in [-0.2, 0) is 17.4 Å². The first-order chi connectivity index (χ1) is 14.9. The number of hydrogen-bond donors (Lipinski definition) is 0. The molecule has 0 atom stereocenters. The highest BCUT2D eigenvalue weighted by Gasteiger charge is 2.31. The van der Waals surface area contributed by atoms with Gasteiger partial charge < -0.3 is 9.80 Å². The number of thiazole rings is 1. The SMILES string of the molecule is O=C=C(Cc1csc(-c2ccncc2)n1)N1CCN(c2cccc(C(F)(F)F)c2)CC1. The van der Waals surface area contributed by atoms with Crippen LogP contribution in [0.4, 0.5) is 18.9 Å². The minimum atomic E-state index is -4.37. The molecule has 1 aromatic carbocycles. The number of piperazine rings is 1. The van der Waals surface area contributed by atoms with Crippen molar-refractivity contribution in [3.63, 3.8) is 0 Å². The van der Waals surface area contributed by atoms with Gasteiger partial charge in [-0.1, -0.05) is 6.07 Å². The molecule has 5 nitrogen and oxygen atoms in total. The Kier molecular flexibility index (Phi) is 6.06. The predicted molar refractivity (Wildman–Crippen MR) is 113 cm³/mol. The zero-order valence-corrected chi connectivity index (χ0v) is 17.3. The van der Waals surface area contributed by atoms with Crippen LogP contribution in [-0.4, -0.2) is 47.0 Å². The second-order valence-electron chi connectivity index (χ2n) is 7.13. The molecule has 0 unspecified atom stereocenters. The lowest BCUT2D eigenvalue weighted by Gasteiger charge is -2.37. The van der Waals surface area contributed by atoms with Crippen molar-refractivity contribution in [2.24, 2.45) is 0 Å². The Bertz CT molecular complexity index is 1090. The van der Waals surface area contributed by atoms with Crippen LogP contribution in [0, 0.1) is 0 Å². The van der Waals surface area contributed by atoms with Gasteiger partial charge in [0.1, 0.15) is 16.6 Å². The summed E-state index contributed by atoms with van der Waals surface area (Å²) in [6.07, 6.45) is -0.587. The van der Waals surface area contributed by atoms with Crippen LogP contribution < -0.4 is 4.90 Å². The number of nitrogens with zero attached hydrogens (tertiary/aromatic N) is 4. The maximum atomic E-state index is 13.0. The van der Waals surface area contributed by atoms with Crippen molar-refractivity contribution in [3.8, 4) is 10.6 Å². The van der Waals surface area contributed by atoms with E-state index in [0.29, 0.717) is 44.0 Å². The van der Waals surface area contributed by atoms with Gasteiger partial charge in [0.25, 0.3) is 0 Å². The van der Waals surface area contributed by atoms with Gasteiger partial charge in [-0.15, -0.1) is 11.3 Å². The summed E-state index contributed by atoms with van der Waals surface area (Å²) in [5.41, 5.74) is 2.14. The van der Waals surface area contributed by atoms with E-state index in [4.69, 9.17) is 0 Å². The first-order valence-electron chi connectivity index (χ1n) is 9.70. The largest absolute Gasteiger partial charge is 0.416 e. The summed E-state index contributed by atoms with van der Waals surface area (Å²) >= 11 is 1.50. The Hall–Kier alpha value is -3.16. The fourth-order valence-electron chi connectivity index (χ4n) is 3.51. The van der Waals surface area contributed by atoms with Gasteiger partial charge >= 0.3 is 6.18 Å². The van der Waals surface area contributed by atoms with E-state index >= 15 is 0 Å². The molecule has 0 saturated carbocycles. The molecule has 4 rings (SSSR count). The topological polar surface area (TPSA) is 49.3 Å². The first kappa shape index (κ1) is 21.1. The number of pyridine rings is 1. The van der Waals surface area contributed by atoms with Crippen molar-refractivity contribution in [3.05, 3.63) is 71.1 Å². The Morgan fingerprint density at radius 2 is 1.84 bits per heavy atom. The molecule has 0 bridgehead atoms. The Morgan fingerprint density at radius 1 is 1.10 bits per heavy atom. The van der Waals surface area contributed by atoms with Crippen molar-refractivity contribution in [1.82, 2.24) is 14.9 Å². The molecule has 0 aliphatic carbocycles. The second kappa shape index (κ2) is 8.91. The predicted octanol–water partition coefficient (Wildman–Crippen LogP) is 4.30. The van der Waals surface area contributed by atoms with Gasteiger partial charge in [-0.25, -0.2) is 9.78 Å². The van der Waals surface area contributed by atoms with E-state index in [9.17, 15) is 18.0 Å². The standard InChI is InChI=1S/C22H19F3N4OS/c23-22(24,25)17-2-1-3-19(12-17)28-8-10-29(11-9-28)20(14-30)13-18-15-31-21(27-18)16-4-6-26-7-5-16/h1-7,12,15H,8-11,13H2. The number of aromatic nitrogens is 2. The van der Waals surface area contributed by atoms with E-state index in [-0.39, 0.29) is 0 Å². The Morgan fingerprint density at radius 3 is 2.52 bits per heavy atom. The molecule has 0 spiro atoms. The molecule has 9 heteroatoms. The van der Waals surface area contributed by atoms with Gasteiger partial charge in [0.15, 0.2) is 0 Å².